The van der Waals surface area contributed by atoms with E-state index in [2.05, 4.69) is 10.6 Å². The third-order valence-electron chi connectivity index (χ3n) is 12.6. The minimum Gasteiger partial charge on any atom is -0.669 e. The third kappa shape index (κ3) is 8.41. The van der Waals surface area contributed by atoms with Crippen molar-refractivity contribution in [3.63, 3.8) is 0 Å². The summed E-state index contributed by atoms with van der Waals surface area (Å²) in [5.74, 6) is -3.75. The molecular weight excluding hydrogens is 812 g/mol. The van der Waals surface area contributed by atoms with E-state index >= 15 is 0 Å². The summed E-state index contributed by atoms with van der Waals surface area (Å²) in [5.41, 5.74) is 0.841. The molecule has 6 heterocycles. The normalized spacial score (nSPS) is 30.8. The summed E-state index contributed by atoms with van der Waals surface area (Å²) in [6.07, 6.45) is 0.0355. The van der Waals surface area contributed by atoms with Crippen LogP contribution < -0.4 is 88.5 Å². The molecule has 4 saturated heterocycles. The predicted octanol–water partition coefficient (Wildman–Crippen LogP) is -8.25. The number of hydrogen-bond donors (Lipinski definition) is 10. The summed E-state index contributed by atoms with van der Waals surface area (Å²) in [6, 6.07) is 5.73. The number of fused-ring (bicyclic) bond motifs is 6. The number of carbonyl (C=O) groups is 4. The summed E-state index contributed by atoms with van der Waals surface area (Å²) in [6.45, 7) is -4.17. The number of benzene rings is 2. The molecule has 0 bridgehead atoms. The number of amides is 2. The van der Waals surface area contributed by atoms with Gasteiger partial charge in [-0.2, -0.15) is 0 Å². The Morgan fingerprint density at radius 2 is 0.983 bits per heavy atom. The van der Waals surface area contributed by atoms with E-state index < -0.39 is 61.4 Å². The Bertz CT molecular complexity index is 1930. The number of hydrogen-bond acceptors (Lipinski definition) is 16. The fourth-order valence-electron chi connectivity index (χ4n) is 9.22. The second kappa shape index (κ2) is 16.8. The quantitative estimate of drug-likeness (QED) is 0.110. The van der Waals surface area contributed by atoms with Crippen LogP contribution in [0.15, 0.2) is 24.3 Å². The first-order chi connectivity index (χ1) is 27.5. The molecular formula is C36H44B2N4Na2O16. The van der Waals surface area contributed by atoms with Gasteiger partial charge in [0, 0.05) is 13.1 Å². The number of aliphatic hydroxyl groups is 2. The molecule has 8 atom stereocenters. The van der Waals surface area contributed by atoms with Gasteiger partial charge < -0.3 is 79.7 Å². The van der Waals surface area contributed by atoms with Crippen LogP contribution in [0.1, 0.15) is 69.4 Å². The average Bonchev–Trinajstić information content (AvgIpc) is 4.03. The molecule has 2 aliphatic carbocycles. The Hall–Kier alpha value is -2.67. The van der Waals surface area contributed by atoms with Crippen molar-refractivity contribution in [3.8, 4) is 23.0 Å². The number of nitrogens with zero attached hydrogens (tertiary/aromatic N) is 2. The van der Waals surface area contributed by atoms with E-state index in [1.807, 2.05) is 0 Å². The molecule has 0 aromatic heterocycles. The van der Waals surface area contributed by atoms with Crippen LogP contribution in [0.5, 0.6) is 23.0 Å². The molecule has 10 N–H and O–H groups in total. The number of carbonyl (C=O) groups excluding carboxylic acids is 2. The van der Waals surface area contributed by atoms with E-state index in [1.165, 1.54) is 0 Å². The number of ether oxygens (including phenoxy) is 2. The van der Waals surface area contributed by atoms with E-state index in [0.717, 1.165) is 0 Å². The van der Waals surface area contributed by atoms with Gasteiger partial charge >= 0.3 is 84.6 Å². The van der Waals surface area contributed by atoms with Crippen molar-refractivity contribution in [2.45, 2.75) is 85.7 Å². The smallest absolute Gasteiger partial charge is 0.669 e. The molecule has 4 unspecified atom stereocenters. The first kappa shape index (κ1) is 45.4. The Labute approximate surface area is 387 Å². The first-order valence-electron chi connectivity index (χ1n) is 19.6. The van der Waals surface area contributed by atoms with Crippen LogP contribution in [-0.4, -0.2) is 163 Å². The van der Waals surface area contributed by atoms with Gasteiger partial charge in [-0.25, -0.2) is 9.59 Å². The van der Waals surface area contributed by atoms with E-state index in [1.54, 1.807) is 34.1 Å². The third-order valence-corrected chi connectivity index (χ3v) is 12.6. The van der Waals surface area contributed by atoms with Crippen LogP contribution in [0, 0.1) is 0 Å². The summed E-state index contributed by atoms with van der Waals surface area (Å²) >= 11 is 0. The number of likely N-dealkylation sites (tertiary alicyclic amines) is 2. The number of aliphatic hydroxyl groups excluding tert-OH is 2. The number of carboxylic acids is 2. The van der Waals surface area contributed by atoms with E-state index in [-0.39, 0.29) is 129 Å². The molecule has 60 heavy (non-hydrogen) atoms. The van der Waals surface area contributed by atoms with Crippen LogP contribution in [0.3, 0.4) is 0 Å². The largest absolute Gasteiger partial charge is 1.00 e. The first-order valence-corrected chi connectivity index (χ1v) is 19.6. The number of aromatic carboxylic acids is 2. The van der Waals surface area contributed by atoms with Crippen LogP contribution in [0.4, 0.5) is 0 Å². The Kier molecular flexibility index (Phi) is 12.7. The minimum atomic E-state index is -3.09. The van der Waals surface area contributed by atoms with Gasteiger partial charge in [0.05, 0.1) is 62.0 Å². The molecule has 6 aliphatic heterocycles. The van der Waals surface area contributed by atoms with Crippen molar-refractivity contribution >= 4 is 37.3 Å². The molecule has 0 spiro atoms. The van der Waals surface area contributed by atoms with Gasteiger partial charge in [-0.3, -0.25) is 9.59 Å². The maximum Gasteiger partial charge on any atom is 1.00 e. The van der Waals surface area contributed by atoms with Gasteiger partial charge in [0.1, 0.15) is 34.8 Å². The SMILES string of the molecule is O=C(O)c1c(OC2CN(C(=O)[C@@H]3C[C@@H](O)CN3)C2)ccc2c1O[B-](O)(O)C1CC21.O=C(O)c1c(OC2CN(C(=O)[C@@H]3C[C@@H](O)CN3)C2)ccc2c1O[B-](O)(O)C1CC21.[Na+].[Na+]. The Balaban J connectivity index is 0.000000176. The molecule has 20 nitrogen and oxygen atoms in total. The van der Waals surface area contributed by atoms with Crippen molar-refractivity contribution in [2.24, 2.45) is 0 Å². The maximum atomic E-state index is 12.4. The van der Waals surface area contributed by atoms with Gasteiger partial charge in [0.2, 0.25) is 11.8 Å². The second-order valence-electron chi connectivity index (χ2n) is 16.8. The zero-order valence-electron chi connectivity index (χ0n) is 33.0. The summed E-state index contributed by atoms with van der Waals surface area (Å²) < 4.78 is 22.2. The molecule has 2 amide bonds. The second-order valence-corrected chi connectivity index (χ2v) is 16.8. The van der Waals surface area contributed by atoms with Crippen molar-refractivity contribution < 1.29 is 138 Å². The van der Waals surface area contributed by atoms with Crippen LogP contribution in [0.2, 0.25) is 11.6 Å². The molecule has 0 radical (unpaired) electrons. The minimum absolute atomic E-state index is 0. The standard InChI is InChI=1S/2C18H22BN2O8.2Na/c2*22-8-3-13(20-5-8)17(23)21-6-9(7-21)28-14-2-1-10-11-4-12(11)19(26,27)29-16(10)15(14)18(24)25;;/h2*1-2,8-9,11-13,20,22,26-27H,3-7H2,(H,24,25);;/q2*-1;2*+1/t2*8-,11?,12?,13+;;/m11../s1. The van der Waals surface area contributed by atoms with E-state index in [0.29, 0.717) is 76.1 Å². The van der Waals surface area contributed by atoms with Crippen molar-refractivity contribution in [3.05, 3.63) is 46.5 Å². The van der Waals surface area contributed by atoms with Gasteiger partial charge in [-0.1, -0.05) is 36.6 Å². The van der Waals surface area contributed by atoms with E-state index in [9.17, 15) is 59.7 Å². The van der Waals surface area contributed by atoms with Crippen LogP contribution in [0.25, 0.3) is 0 Å². The molecule has 2 saturated carbocycles. The summed E-state index contributed by atoms with van der Waals surface area (Å²) in [7, 11) is 0. The zero-order chi connectivity index (χ0) is 41.0. The fraction of sp³-hybridized carbons (Fsp3) is 0.556. The number of β-amino-alcohol motifs (C(OH)–C–C–N with tert-alkyl or cyclic N) is 2. The zero-order valence-corrected chi connectivity index (χ0v) is 37.0. The van der Waals surface area contributed by atoms with Crippen molar-refractivity contribution in [2.75, 3.05) is 39.3 Å². The van der Waals surface area contributed by atoms with Crippen LogP contribution >= 0.6 is 0 Å². The average molecular weight is 856 g/mol. The Morgan fingerprint density at radius 1 is 0.617 bits per heavy atom. The fourth-order valence-corrected chi connectivity index (χ4v) is 9.22. The number of rotatable bonds is 8. The monoisotopic (exact) mass is 856 g/mol. The predicted molar refractivity (Wildman–Crippen MR) is 197 cm³/mol. The molecule has 8 aliphatic rings. The molecule has 10 rings (SSSR count). The van der Waals surface area contributed by atoms with Crippen molar-refractivity contribution in [1.29, 1.82) is 0 Å². The van der Waals surface area contributed by atoms with Crippen LogP contribution in [-0.2, 0) is 9.59 Å². The molecule has 6 fully saturated rings. The maximum absolute atomic E-state index is 12.4. The number of carboxylic acid groups (broad SMARTS) is 2. The van der Waals surface area contributed by atoms with Gasteiger partial charge in [0.15, 0.2) is 0 Å². The number of nitrogens with one attached hydrogen (secondary N) is 2. The molecule has 2 aromatic carbocycles. The van der Waals surface area contributed by atoms with Crippen molar-refractivity contribution in [1.82, 2.24) is 20.4 Å². The topological polar surface area (TPSA) is 298 Å². The summed E-state index contributed by atoms with van der Waals surface area (Å²) in [5, 5.41) is 84.7. The van der Waals surface area contributed by atoms with Gasteiger partial charge in [0.25, 0.3) is 0 Å². The van der Waals surface area contributed by atoms with Gasteiger partial charge in [-0.05, 0) is 47.9 Å². The van der Waals surface area contributed by atoms with E-state index in [4.69, 9.17) is 18.8 Å². The summed E-state index contributed by atoms with van der Waals surface area (Å²) in [4.78, 5) is 51.7. The Morgan fingerprint density at radius 3 is 1.30 bits per heavy atom. The molecule has 2 aromatic rings. The van der Waals surface area contributed by atoms with Gasteiger partial charge in [-0.15, -0.1) is 0 Å². The molecule has 312 valence electrons. The molecule has 24 heteroatoms.